The lowest BCUT2D eigenvalue weighted by Gasteiger charge is -2.71. The van der Waals surface area contributed by atoms with Crippen LogP contribution in [-0.4, -0.2) is 11.1 Å². The maximum Gasteiger partial charge on any atom is 0.307 e. The summed E-state index contributed by atoms with van der Waals surface area (Å²) >= 11 is 0. The maximum absolute atomic E-state index is 11.2. The van der Waals surface area contributed by atoms with Crippen molar-refractivity contribution in [2.45, 2.75) is 39.5 Å². The van der Waals surface area contributed by atoms with Crippen LogP contribution in [0.1, 0.15) is 39.5 Å². The van der Waals surface area contributed by atoms with E-state index in [1.807, 2.05) is 0 Å². The molecule has 5 saturated carbocycles. The summed E-state index contributed by atoms with van der Waals surface area (Å²) in [7, 11) is 0. The van der Waals surface area contributed by atoms with Gasteiger partial charge in [-0.2, -0.15) is 0 Å². The summed E-state index contributed by atoms with van der Waals surface area (Å²) in [4.78, 5) is 11.2. The predicted molar refractivity (Wildman–Crippen MR) is 52.8 cm³/mol. The molecule has 0 radical (unpaired) electrons. The van der Waals surface area contributed by atoms with Gasteiger partial charge in [-0.25, -0.2) is 0 Å². The Balaban J connectivity index is 1.97. The van der Waals surface area contributed by atoms with Crippen LogP contribution in [-0.2, 0) is 4.79 Å². The second kappa shape index (κ2) is 2.17. The fourth-order valence-electron chi connectivity index (χ4n) is 5.09. The second-order valence-corrected chi connectivity index (χ2v) is 6.32. The molecule has 4 bridgehead atoms. The molecule has 0 aromatic heterocycles. The van der Waals surface area contributed by atoms with Crippen molar-refractivity contribution in [2.24, 2.45) is 28.6 Å². The van der Waals surface area contributed by atoms with Gasteiger partial charge in [-0.1, -0.05) is 13.8 Å². The number of carbonyl (C=O) groups is 1. The van der Waals surface area contributed by atoms with E-state index in [9.17, 15) is 9.90 Å². The van der Waals surface area contributed by atoms with Crippen LogP contribution >= 0.6 is 0 Å². The van der Waals surface area contributed by atoms with E-state index in [1.54, 1.807) is 0 Å². The molecular formula is C12H18O2. The number of aliphatic carboxylic acids is 1. The Kier molecular flexibility index (Phi) is 1.36. The predicted octanol–water partition coefficient (Wildman–Crippen LogP) is 2.53. The minimum atomic E-state index is -0.544. The van der Waals surface area contributed by atoms with Gasteiger partial charge in [-0.3, -0.25) is 4.79 Å². The van der Waals surface area contributed by atoms with Gasteiger partial charge < -0.3 is 5.11 Å². The highest BCUT2D eigenvalue weighted by atomic mass is 16.4. The fourth-order valence-corrected chi connectivity index (χ4v) is 5.09. The number of rotatable bonds is 1. The van der Waals surface area contributed by atoms with E-state index >= 15 is 0 Å². The first-order chi connectivity index (χ1) is 6.46. The highest BCUT2D eigenvalue weighted by Gasteiger charge is 2.69. The molecule has 0 aromatic carbocycles. The molecule has 1 N–H and O–H groups in total. The third-order valence-electron chi connectivity index (χ3n) is 5.36. The smallest absolute Gasteiger partial charge is 0.307 e. The van der Waals surface area contributed by atoms with Crippen molar-refractivity contribution in [3.05, 3.63) is 0 Å². The molecule has 5 rings (SSSR count). The van der Waals surface area contributed by atoms with Gasteiger partial charge in [-0.05, 0) is 48.3 Å². The number of hydrogen-bond donors (Lipinski definition) is 1. The largest absolute Gasteiger partial charge is 0.481 e. The molecule has 0 saturated heterocycles. The molecule has 5 fully saturated rings. The summed E-state index contributed by atoms with van der Waals surface area (Å²) < 4.78 is 0. The first-order valence-electron chi connectivity index (χ1n) is 5.69. The normalized spacial score (nSPS) is 59.4. The maximum atomic E-state index is 11.2. The van der Waals surface area contributed by atoms with Gasteiger partial charge in [0.15, 0.2) is 0 Å². The van der Waals surface area contributed by atoms with E-state index in [2.05, 4.69) is 13.8 Å². The third-order valence-corrected chi connectivity index (χ3v) is 5.36. The van der Waals surface area contributed by atoms with Gasteiger partial charge in [0.1, 0.15) is 0 Å². The van der Waals surface area contributed by atoms with Crippen LogP contribution in [0.3, 0.4) is 0 Å². The van der Waals surface area contributed by atoms with Gasteiger partial charge >= 0.3 is 5.97 Å². The van der Waals surface area contributed by atoms with Crippen LogP contribution in [0, 0.1) is 28.6 Å². The van der Waals surface area contributed by atoms with Crippen LogP contribution in [0.25, 0.3) is 0 Å². The molecular weight excluding hydrogens is 176 g/mol. The van der Waals surface area contributed by atoms with Crippen LogP contribution in [0.2, 0.25) is 0 Å². The molecule has 5 aliphatic rings. The summed E-state index contributed by atoms with van der Waals surface area (Å²) in [6, 6.07) is 0. The van der Waals surface area contributed by atoms with Crippen LogP contribution in [0.5, 0.6) is 0 Å². The van der Waals surface area contributed by atoms with Crippen molar-refractivity contribution in [1.29, 1.82) is 0 Å². The van der Waals surface area contributed by atoms with Crippen LogP contribution < -0.4 is 0 Å². The van der Waals surface area contributed by atoms with E-state index in [0.717, 1.165) is 12.3 Å². The van der Waals surface area contributed by atoms with E-state index in [-0.39, 0.29) is 11.3 Å². The summed E-state index contributed by atoms with van der Waals surface area (Å²) in [5.74, 6) is 0.661. The molecule has 0 heterocycles. The zero-order valence-corrected chi connectivity index (χ0v) is 8.92. The Morgan fingerprint density at radius 1 is 1.43 bits per heavy atom. The molecule has 0 spiro atoms. The Bertz CT molecular complexity index is 311. The minimum Gasteiger partial charge on any atom is -0.481 e. The molecule has 2 heteroatoms. The molecule has 0 aromatic rings. The average molecular weight is 194 g/mol. The first kappa shape index (κ1) is 8.75. The zero-order chi connectivity index (χ0) is 10.1. The SMILES string of the molecule is CC12CCC3C(C1)C(C(=O)O)C3(C)C2. The molecule has 78 valence electrons. The first-order valence-corrected chi connectivity index (χ1v) is 5.69. The Morgan fingerprint density at radius 3 is 2.64 bits per heavy atom. The number of fused-ring (bicyclic) bond motifs is 1. The lowest BCUT2D eigenvalue weighted by molar-refractivity contribution is -0.239. The lowest BCUT2D eigenvalue weighted by Crippen LogP contribution is -2.67. The van der Waals surface area contributed by atoms with Crippen LogP contribution in [0.4, 0.5) is 0 Å². The number of carboxylic acid groups (broad SMARTS) is 1. The third kappa shape index (κ3) is 0.768. The molecule has 5 aliphatic carbocycles. The summed E-state index contributed by atoms with van der Waals surface area (Å²) in [5, 5.41) is 9.22. The highest BCUT2D eigenvalue weighted by Crippen LogP contribution is 2.74. The summed E-state index contributed by atoms with van der Waals surface area (Å²) in [6.45, 7) is 4.56. The van der Waals surface area contributed by atoms with Crippen molar-refractivity contribution < 1.29 is 9.90 Å². The Morgan fingerprint density at radius 2 is 2.14 bits per heavy atom. The van der Waals surface area contributed by atoms with E-state index in [1.165, 1.54) is 19.3 Å². The standard InChI is InChI=1S/C12H18O2/c1-11-4-3-8-7(5-11)9(10(13)14)12(8,2)6-11/h7-9H,3-6H2,1-2H3,(H,13,14). The molecule has 2 nitrogen and oxygen atoms in total. The molecule has 5 unspecified atom stereocenters. The monoisotopic (exact) mass is 194 g/mol. The number of carboxylic acids is 1. The van der Waals surface area contributed by atoms with E-state index in [0.29, 0.717) is 11.3 Å². The Hall–Kier alpha value is -0.530. The Labute approximate surface area is 84.7 Å². The molecule has 0 amide bonds. The van der Waals surface area contributed by atoms with Crippen molar-refractivity contribution in [3.8, 4) is 0 Å². The summed E-state index contributed by atoms with van der Waals surface area (Å²) in [5.41, 5.74) is 0.613. The van der Waals surface area contributed by atoms with Gasteiger partial charge in [0.05, 0.1) is 5.92 Å². The van der Waals surface area contributed by atoms with Crippen LogP contribution in [0.15, 0.2) is 0 Å². The van der Waals surface area contributed by atoms with Crippen molar-refractivity contribution in [2.75, 3.05) is 0 Å². The molecule has 14 heavy (non-hydrogen) atoms. The summed E-state index contributed by atoms with van der Waals surface area (Å²) in [6.07, 6.45) is 4.93. The zero-order valence-electron chi connectivity index (χ0n) is 8.92. The minimum absolute atomic E-state index is 0.0270. The van der Waals surface area contributed by atoms with Gasteiger partial charge in [-0.15, -0.1) is 0 Å². The van der Waals surface area contributed by atoms with Crippen molar-refractivity contribution in [3.63, 3.8) is 0 Å². The lowest BCUT2D eigenvalue weighted by atomic mass is 9.33. The number of hydrogen-bond acceptors (Lipinski definition) is 1. The topological polar surface area (TPSA) is 37.3 Å². The van der Waals surface area contributed by atoms with Crippen molar-refractivity contribution >= 4 is 5.97 Å². The fraction of sp³-hybridized carbons (Fsp3) is 0.917. The van der Waals surface area contributed by atoms with Gasteiger partial charge in [0, 0.05) is 0 Å². The van der Waals surface area contributed by atoms with Gasteiger partial charge in [0.2, 0.25) is 0 Å². The van der Waals surface area contributed by atoms with Crippen molar-refractivity contribution in [1.82, 2.24) is 0 Å². The quantitative estimate of drug-likeness (QED) is 0.696. The molecule has 0 aliphatic heterocycles. The van der Waals surface area contributed by atoms with E-state index < -0.39 is 5.97 Å². The second-order valence-electron chi connectivity index (χ2n) is 6.32. The highest BCUT2D eigenvalue weighted by molar-refractivity contribution is 5.73. The van der Waals surface area contributed by atoms with E-state index in [4.69, 9.17) is 0 Å². The van der Waals surface area contributed by atoms with Gasteiger partial charge in [0.25, 0.3) is 0 Å². The molecule has 5 atom stereocenters. The average Bonchev–Trinajstić information content (AvgIpc) is 1.99.